The summed E-state index contributed by atoms with van der Waals surface area (Å²) < 4.78 is 2.10. The summed E-state index contributed by atoms with van der Waals surface area (Å²) in [5.41, 5.74) is 1.22. The fourth-order valence-corrected chi connectivity index (χ4v) is 4.13. The van der Waals surface area contributed by atoms with Crippen molar-refractivity contribution in [2.75, 3.05) is 60.4 Å². The quantitative estimate of drug-likeness (QED) is 0.666. The van der Waals surface area contributed by atoms with Crippen molar-refractivity contribution < 1.29 is 14.2 Å². The minimum atomic E-state index is -0.520. The fourth-order valence-electron chi connectivity index (χ4n) is 4.13. The zero-order valence-corrected chi connectivity index (χ0v) is 17.4. The Morgan fingerprint density at radius 1 is 1.00 bits per heavy atom. The Morgan fingerprint density at radius 2 is 1.69 bits per heavy atom. The Balaban J connectivity index is 1.61. The largest absolute Gasteiger partial charge is 0.333 e. The second kappa shape index (κ2) is 8.04. The highest BCUT2D eigenvalue weighted by Gasteiger charge is 2.52. The number of piperazine rings is 1. The molecule has 3 aliphatic heterocycles. The van der Waals surface area contributed by atoms with Gasteiger partial charge in [0, 0.05) is 46.7 Å². The molecule has 0 aliphatic carbocycles. The van der Waals surface area contributed by atoms with Crippen molar-refractivity contribution in [1.29, 1.82) is 0 Å². The summed E-state index contributed by atoms with van der Waals surface area (Å²) in [5.74, 6) is 1.23. The van der Waals surface area contributed by atoms with Gasteiger partial charge < -0.3 is 4.90 Å². The number of imide groups is 1. The molecule has 3 heterocycles. The summed E-state index contributed by atoms with van der Waals surface area (Å²) in [6.45, 7) is 5.39. The van der Waals surface area contributed by atoms with Gasteiger partial charge in [-0.25, -0.2) is 9.37 Å². The SMILES string of the molecule is CN1CCN(CC2=[N+](CCc3ccccc3)C3C(=O)N(C)C(=O)N(C)C3=N2)CC1. The smallest absolute Gasteiger partial charge is 0.304 e. The lowest BCUT2D eigenvalue weighted by molar-refractivity contribution is -0.535. The first kappa shape index (κ1) is 19.7. The first-order chi connectivity index (χ1) is 14.0. The van der Waals surface area contributed by atoms with Crippen LogP contribution in [0.15, 0.2) is 35.3 Å². The predicted octanol–water partition coefficient (Wildman–Crippen LogP) is 0.192. The molecule has 8 nitrogen and oxygen atoms in total. The van der Waals surface area contributed by atoms with Gasteiger partial charge in [-0.15, -0.1) is 0 Å². The average molecular weight is 398 g/mol. The van der Waals surface area contributed by atoms with Crippen LogP contribution < -0.4 is 0 Å². The van der Waals surface area contributed by atoms with Crippen molar-refractivity contribution >= 4 is 23.6 Å². The summed E-state index contributed by atoms with van der Waals surface area (Å²) >= 11 is 0. The molecule has 0 saturated carbocycles. The molecule has 1 aromatic carbocycles. The normalized spacial score (nSPS) is 23.7. The molecule has 154 valence electrons. The van der Waals surface area contributed by atoms with Crippen LogP contribution in [0.25, 0.3) is 0 Å². The minimum absolute atomic E-state index is 0.201. The number of carbonyl (C=O) groups is 2. The standard InChI is InChI=1S/C21H29N6O2/c1-23-11-13-26(14-12-23)15-17-22-19-18(20(28)25(3)21(29)24(19)2)27(17)10-9-16-7-5-4-6-8-16/h4-8,18H,9-15H2,1-3H3/q+1. The molecular formula is C21H29N6O2+. The molecule has 3 amide bonds. The first-order valence-corrected chi connectivity index (χ1v) is 10.2. The third kappa shape index (κ3) is 3.82. The number of urea groups is 1. The predicted molar refractivity (Wildman–Crippen MR) is 111 cm³/mol. The Labute approximate surface area is 171 Å². The Kier molecular flexibility index (Phi) is 5.47. The highest BCUT2D eigenvalue weighted by atomic mass is 16.2. The Hall–Kier alpha value is -2.58. The van der Waals surface area contributed by atoms with Gasteiger partial charge in [-0.05, 0) is 17.6 Å². The van der Waals surface area contributed by atoms with E-state index in [1.807, 2.05) is 18.2 Å². The lowest BCUT2D eigenvalue weighted by atomic mass is 10.1. The Bertz CT molecular complexity index is 857. The number of amidine groups is 2. The summed E-state index contributed by atoms with van der Waals surface area (Å²) in [5, 5.41) is 0. The maximum absolute atomic E-state index is 13.0. The van der Waals surface area contributed by atoms with Gasteiger partial charge in [-0.2, -0.15) is 0 Å². The molecule has 1 atom stereocenters. The number of carbonyl (C=O) groups excluding carboxylic acids is 2. The molecule has 0 aromatic heterocycles. The molecule has 0 spiro atoms. The molecule has 0 radical (unpaired) electrons. The van der Waals surface area contributed by atoms with Crippen LogP contribution in [0.4, 0.5) is 4.79 Å². The molecule has 29 heavy (non-hydrogen) atoms. The highest BCUT2D eigenvalue weighted by molar-refractivity contribution is 6.23. The summed E-state index contributed by atoms with van der Waals surface area (Å²) in [6.07, 6.45) is 0.820. The van der Waals surface area contributed by atoms with Gasteiger partial charge in [0.25, 0.3) is 17.8 Å². The van der Waals surface area contributed by atoms with E-state index in [2.05, 4.69) is 33.6 Å². The molecule has 0 bridgehead atoms. The highest BCUT2D eigenvalue weighted by Crippen LogP contribution is 2.20. The number of nitrogens with zero attached hydrogens (tertiary/aromatic N) is 6. The van der Waals surface area contributed by atoms with Gasteiger partial charge in [-0.3, -0.25) is 19.5 Å². The van der Waals surface area contributed by atoms with E-state index in [1.165, 1.54) is 15.4 Å². The van der Waals surface area contributed by atoms with E-state index in [1.54, 1.807) is 14.1 Å². The lowest BCUT2D eigenvalue weighted by Crippen LogP contribution is -2.61. The van der Waals surface area contributed by atoms with Crippen LogP contribution in [0.1, 0.15) is 5.56 Å². The lowest BCUT2D eigenvalue weighted by Gasteiger charge is -2.31. The van der Waals surface area contributed by atoms with Crippen LogP contribution in [0.2, 0.25) is 0 Å². The molecule has 8 heteroatoms. The molecule has 2 fully saturated rings. The molecule has 4 rings (SSSR count). The monoisotopic (exact) mass is 397 g/mol. The van der Waals surface area contributed by atoms with E-state index in [-0.39, 0.29) is 11.9 Å². The van der Waals surface area contributed by atoms with Gasteiger partial charge in [0.15, 0.2) is 0 Å². The molecule has 1 aromatic rings. The third-order valence-electron chi connectivity index (χ3n) is 6.06. The summed E-state index contributed by atoms with van der Waals surface area (Å²) in [6, 6.07) is 9.42. The number of amides is 3. The van der Waals surface area contributed by atoms with Crippen molar-refractivity contribution in [3.8, 4) is 0 Å². The number of benzene rings is 1. The topological polar surface area (TPSA) is 62.5 Å². The van der Waals surface area contributed by atoms with Crippen LogP contribution in [-0.2, 0) is 11.2 Å². The number of aliphatic imine (C=N–C) groups is 1. The van der Waals surface area contributed by atoms with Gasteiger partial charge in [0.1, 0.15) is 6.54 Å². The number of hydrogen-bond acceptors (Lipinski definition) is 5. The van der Waals surface area contributed by atoms with E-state index < -0.39 is 6.04 Å². The number of fused-ring (bicyclic) bond motifs is 1. The van der Waals surface area contributed by atoms with Crippen LogP contribution in [0.3, 0.4) is 0 Å². The van der Waals surface area contributed by atoms with Gasteiger partial charge in [0.2, 0.25) is 0 Å². The van der Waals surface area contributed by atoms with Gasteiger partial charge in [-0.1, -0.05) is 30.3 Å². The second-order valence-corrected chi connectivity index (χ2v) is 8.04. The van der Waals surface area contributed by atoms with Crippen molar-refractivity contribution in [2.45, 2.75) is 12.5 Å². The fraction of sp³-hybridized carbons (Fsp3) is 0.524. The molecule has 2 saturated heterocycles. The van der Waals surface area contributed by atoms with E-state index in [4.69, 9.17) is 4.99 Å². The first-order valence-electron chi connectivity index (χ1n) is 10.2. The maximum atomic E-state index is 13.0. The number of likely N-dealkylation sites (N-methyl/N-ethyl adjacent to an activating group) is 3. The van der Waals surface area contributed by atoms with E-state index in [9.17, 15) is 9.59 Å². The van der Waals surface area contributed by atoms with Crippen LogP contribution >= 0.6 is 0 Å². The minimum Gasteiger partial charge on any atom is -0.304 e. The number of hydrogen-bond donors (Lipinski definition) is 0. The molecular weight excluding hydrogens is 368 g/mol. The molecule has 0 N–H and O–H groups in total. The second-order valence-electron chi connectivity index (χ2n) is 8.04. The van der Waals surface area contributed by atoms with Crippen molar-refractivity contribution in [3.05, 3.63) is 35.9 Å². The summed E-state index contributed by atoms with van der Waals surface area (Å²) in [4.78, 5) is 37.6. The van der Waals surface area contributed by atoms with Crippen molar-refractivity contribution in [2.24, 2.45) is 4.99 Å². The molecule has 3 aliphatic rings. The van der Waals surface area contributed by atoms with E-state index in [0.29, 0.717) is 18.9 Å². The van der Waals surface area contributed by atoms with Crippen LogP contribution in [0, 0.1) is 0 Å². The molecule has 1 unspecified atom stereocenters. The van der Waals surface area contributed by atoms with E-state index in [0.717, 1.165) is 38.4 Å². The third-order valence-corrected chi connectivity index (χ3v) is 6.06. The van der Waals surface area contributed by atoms with Gasteiger partial charge >= 0.3 is 11.9 Å². The van der Waals surface area contributed by atoms with Gasteiger partial charge in [0.05, 0.1) is 6.54 Å². The zero-order chi connectivity index (χ0) is 20.5. The zero-order valence-electron chi connectivity index (χ0n) is 17.4. The average Bonchev–Trinajstić information content (AvgIpc) is 3.10. The summed E-state index contributed by atoms with van der Waals surface area (Å²) in [7, 11) is 5.38. The maximum Gasteiger partial charge on any atom is 0.333 e. The Morgan fingerprint density at radius 3 is 2.38 bits per heavy atom. The van der Waals surface area contributed by atoms with Crippen LogP contribution in [-0.4, -0.2) is 114 Å². The van der Waals surface area contributed by atoms with Crippen molar-refractivity contribution in [3.63, 3.8) is 0 Å². The van der Waals surface area contributed by atoms with Crippen molar-refractivity contribution in [1.82, 2.24) is 19.6 Å². The van der Waals surface area contributed by atoms with E-state index >= 15 is 0 Å². The number of rotatable bonds is 5. The van der Waals surface area contributed by atoms with Crippen LogP contribution in [0.5, 0.6) is 0 Å².